The van der Waals surface area contributed by atoms with E-state index in [0.29, 0.717) is 0 Å². The third kappa shape index (κ3) is 5.40. The van der Waals surface area contributed by atoms with Gasteiger partial charge in [0.1, 0.15) is 0 Å². The van der Waals surface area contributed by atoms with Crippen molar-refractivity contribution in [1.29, 1.82) is 0 Å². The quantitative estimate of drug-likeness (QED) is 0.440. The molecule has 3 aromatic carbocycles. The minimum atomic E-state index is -3.77. The summed E-state index contributed by atoms with van der Waals surface area (Å²) in [5.74, 6) is -0.342. The van der Waals surface area contributed by atoms with Gasteiger partial charge < -0.3 is 5.32 Å². The number of carbonyl (C=O) groups is 1. The van der Waals surface area contributed by atoms with E-state index in [1.54, 1.807) is 24.3 Å². The summed E-state index contributed by atoms with van der Waals surface area (Å²) in [6.07, 6.45) is 5.33. The first-order valence-electron chi connectivity index (χ1n) is 11.2. The van der Waals surface area contributed by atoms with Crippen LogP contribution in [0.4, 0.5) is 5.69 Å². The first-order valence-corrected chi connectivity index (χ1v) is 13.0. The second-order valence-electron chi connectivity index (χ2n) is 8.28. The minimum Gasteiger partial charge on any atom is -0.345 e. The van der Waals surface area contributed by atoms with Crippen molar-refractivity contribution >= 4 is 33.2 Å². The van der Waals surface area contributed by atoms with Crippen molar-refractivity contribution in [3.63, 3.8) is 0 Å². The number of carbonyl (C=O) groups excluding carboxylic acids is 1. The van der Waals surface area contributed by atoms with Crippen molar-refractivity contribution in [2.45, 2.75) is 50.0 Å². The SMILES string of the molecule is CC[C@H](NC(=O)c1cc(NS(=O)(=O)c2ccccc2)ccc1Cl)c1ccc2c(c1)CCCC2. The predicted octanol–water partition coefficient (Wildman–Crippen LogP) is 5.90. The average Bonchev–Trinajstić information content (AvgIpc) is 2.83. The molecule has 1 aliphatic carbocycles. The number of benzene rings is 3. The molecule has 5 nitrogen and oxygen atoms in total. The van der Waals surface area contributed by atoms with Gasteiger partial charge in [0, 0.05) is 5.69 Å². The molecule has 2 N–H and O–H groups in total. The molecule has 0 aromatic heterocycles. The normalized spacial score (nSPS) is 14.2. The highest BCUT2D eigenvalue weighted by atomic mass is 35.5. The highest BCUT2D eigenvalue weighted by molar-refractivity contribution is 7.92. The molecule has 0 saturated carbocycles. The van der Waals surface area contributed by atoms with Crippen molar-refractivity contribution in [2.24, 2.45) is 0 Å². The van der Waals surface area contributed by atoms with Crippen LogP contribution in [0.3, 0.4) is 0 Å². The molecule has 33 heavy (non-hydrogen) atoms. The summed E-state index contributed by atoms with van der Waals surface area (Å²) >= 11 is 6.31. The van der Waals surface area contributed by atoms with Crippen molar-refractivity contribution < 1.29 is 13.2 Å². The molecule has 0 fully saturated rings. The van der Waals surface area contributed by atoms with Gasteiger partial charge in [0.2, 0.25) is 0 Å². The summed E-state index contributed by atoms with van der Waals surface area (Å²) in [6.45, 7) is 2.02. The van der Waals surface area contributed by atoms with Gasteiger partial charge in [-0.1, -0.05) is 54.9 Å². The summed E-state index contributed by atoms with van der Waals surface area (Å²) < 4.78 is 27.8. The van der Waals surface area contributed by atoms with Gasteiger partial charge >= 0.3 is 0 Å². The number of hydrogen-bond acceptors (Lipinski definition) is 3. The Balaban J connectivity index is 1.54. The Bertz CT molecular complexity index is 1260. The molecule has 7 heteroatoms. The maximum absolute atomic E-state index is 13.1. The van der Waals surface area contributed by atoms with E-state index in [0.717, 1.165) is 24.8 Å². The predicted molar refractivity (Wildman–Crippen MR) is 132 cm³/mol. The van der Waals surface area contributed by atoms with Crippen LogP contribution in [0.2, 0.25) is 5.02 Å². The number of fused-ring (bicyclic) bond motifs is 1. The van der Waals surface area contributed by atoms with Gasteiger partial charge in [0.15, 0.2) is 0 Å². The molecule has 0 saturated heterocycles. The van der Waals surface area contributed by atoms with E-state index >= 15 is 0 Å². The number of anilines is 1. The summed E-state index contributed by atoms with van der Waals surface area (Å²) in [5.41, 5.74) is 4.33. The number of amides is 1. The molecule has 0 aliphatic heterocycles. The van der Waals surface area contributed by atoms with Crippen molar-refractivity contribution in [3.05, 3.63) is 94.0 Å². The number of aryl methyl sites for hydroxylation is 2. The summed E-state index contributed by atoms with van der Waals surface area (Å²) in [7, 11) is -3.77. The topological polar surface area (TPSA) is 75.3 Å². The molecule has 4 rings (SSSR count). The third-order valence-corrected chi connectivity index (χ3v) is 7.73. The van der Waals surface area contributed by atoms with Crippen LogP contribution in [0.1, 0.15) is 59.3 Å². The van der Waals surface area contributed by atoms with Gasteiger partial charge in [-0.3, -0.25) is 9.52 Å². The van der Waals surface area contributed by atoms with Crippen LogP contribution in [0.25, 0.3) is 0 Å². The molecule has 0 radical (unpaired) electrons. The van der Waals surface area contributed by atoms with Crippen molar-refractivity contribution in [2.75, 3.05) is 4.72 Å². The number of halogens is 1. The van der Waals surface area contributed by atoms with E-state index in [9.17, 15) is 13.2 Å². The monoisotopic (exact) mass is 482 g/mol. The Labute approximate surface area is 200 Å². The van der Waals surface area contributed by atoms with E-state index in [-0.39, 0.29) is 33.1 Å². The Morgan fingerprint density at radius 2 is 1.70 bits per heavy atom. The molecule has 0 bridgehead atoms. The maximum atomic E-state index is 13.1. The number of rotatable bonds is 7. The molecular weight excluding hydrogens is 456 g/mol. The summed E-state index contributed by atoms with van der Waals surface area (Å²) in [4.78, 5) is 13.3. The van der Waals surface area contributed by atoms with Crippen LogP contribution in [-0.4, -0.2) is 14.3 Å². The molecule has 0 spiro atoms. The molecule has 0 heterocycles. The fraction of sp³-hybridized carbons (Fsp3) is 0.269. The van der Waals surface area contributed by atoms with E-state index in [1.807, 2.05) is 6.92 Å². The second-order valence-corrected chi connectivity index (χ2v) is 10.4. The molecule has 3 aromatic rings. The molecule has 172 valence electrons. The van der Waals surface area contributed by atoms with E-state index in [1.165, 1.54) is 48.2 Å². The van der Waals surface area contributed by atoms with Gasteiger partial charge in [-0.05, 0) is 79.1 Å². The van der Waals surface area contributed by atoms with Crippen LogP contribution in [-0.2, 0) is 22.9 Å². The molecule has 0 unspecified atom stereocenters. The van der Waals surface area contributed by atoms with Gasteiger partial charge in [-0.15, -0.1) is 0 Å². The molecule has 1 aliphatic rings. The third-order valence-electron chi connectivity index (χ3n) is 6.01. The van der Waals surface area contributed by atoms with Crippen LogP contribution in [0.5, 0.6) is 0 Å². The Hall–Kier alpha value is -2.83. The summed E-state index contributed by atoms with van der Waals surface area (Å²) in [6, 6.07) is 18.9. The van der Waals surface area contributed by atoms with E-state index < -0.39 is 10.0 Å². The lowest BCUT2D eigenvalue weighted by Crippen LogP contribution is -2.28. The van der Waals surface area contributed by atoms with Crippen LogP contribution >= 0.6 is 11.6 Å². The minimum absolute atomic E-state index is 0.143. The van der Waals surface area contributed by atoms with Gasteiger partial charge in [-0.2, -0.15) is 0 Å². The lowest BCUT2D eigenvalue weighted by molar-refractivity contribution is 0.0935. The Kier molecular flexibility index (Phi) is 7.05. The zero-order valence-electron chi connectivity index (χ0n) is 18.5. The van der Waals surface area contributed by atoms with E-state index in [2.05, 4.69) is 28.2 Å². The van der Waals surface area contributed by atoms with Gasteiger partial charge in [-0.25, -0.2) is 8.42 Å². The van der Waals surface area contributed by atoms with E-state index in [4.69, 9.17) is 11.6 Å². The lowest BCUT2D eigenvalue weighted by atomic mass is 9.88. The van der Waals surface area contributed by atoms with Gasteiger partial charge in [0.25, 0.3) is 15.9 Å². The smallest absolute Gasteiger partial charge is 0.261 e. The van der Waals surface area contributed by atoms with Crippen molar-refractivity contribution in [3.8, 4) is 0 Å². The first-order chi connectivity index (χ1) is 15.9. The van der Waals surface area contributed by atoms with Crippen LogP contribution < -0.4 is 10.0 Å². The molecule has 1 atom stereocenters. The molecular formula is C26H27ClN2O3S. The largest absolute Gasteiger partial charge is 0.345 e. The number of nitrogens with one attached hydrogen (secondary N) is 2. The average molecular weight is 483 g/mol. The highest BCUT2D eigenvalue weighted by Crippen LogP contribution is 2.28. The zero-order valence-corrected chi connectivity index (χ0v) is 20.0. The fourth-order valence-corrected chi connectivity index (χ4v) is 5.48. The molecule has 1 amide bonds. The van der Waals surface area contributed by atoms with Crippen molar-refractivity contribution in [1.82, 2.24) is 5.32 Å². The van der Waals surface area contributed by atoms with Crippen LogP contribution in [0, 0.1) is 0 Å². The first kappa shape index (κ1) is 23.3. The fourth-order valence-electron chi connectivity index (χ4n) is 4.20. The van der Waals surface area contributed by atoms with Crippen LogP contribution in [0.15, 0.2) is 71.6 Å². The number of sulfonamides is 1. The lowest BCUT2D eigenvalue weighted by Gasteiger charge is -2.22. The maximum Gasteiger partial charge on any atom is 0.261 e. The standard InChI is InChI=1S/C26H27ClN2O3S/c1-2-25(20-13-12-18-8-6-7-9-19(18)16-20)28-26(30)23-17-21(14-15-24(23)27)29-33(31,32)22-10-4-3-5-11-22/h3-5,10-17,25,29H,2,6-9H2,1H3,(H,28,30)/t25-/m0/s1. The summed E-state index contributed by atoms with van der Waals surface area (Å²) in [5, 5.41) is 3.33. The second kappa shape index (κ2) is 9.98. The Morgan fingerprint density at radius 3 is 2.42 bits per heavy atom. The highest BCUT2D eigenvalue weighted by Gasteiger charge is 2.20. The van der Waals surface area contributed by atoms with Gasteiger partial charge in [0.05, 0.1) is 21.5 Å². The Morgan fingerprint density at radius 1 is 0.970 bits per heavy atom. The zero-order chi connectivity index (χ0) is 23.4. The number of hydrogen-bond donors (Lipinski definition) is 2.